The van der Waals surface area contributed by atoms with E-state index < -0.39 is 11.4 Å². The molecule has 94 valence electrons. The van der Waals surface area contributed by atoms with Gasteiger partial charge in [-0.1, -0.05) is 29.5 Å². The average Bonchev–Trinajstić information content (AvgIpc) is 2.36. The molecule has 0 aliphatic carbocycles. The molecule has 0 unspecified atom stereocenters. The highest BCUT2D eigenvalue weighted by Gasteiger charge is 2.37. The quantitative estimate of drug-likeness (QED) is 0.454. The second kappa shape index (κ2) is 5.50. The van der Waals surface area contributed by atoms with Crippen LogP contribution in [0, 0.1) is 24.2 Å². The summed E-state index contributed by atoms with van der Waals surface area (Å²) in [5, 5.41) is 0. The molecule has 0 amide bonds. The predicted molar refractivity (Wildman–Crippen MR) is 68.9 cm³/mol. The van der Waals surface area contributed by atoms with Crippen LogP contribution in [0.25, 0.3) is 0 Å². The molecule has 0 saturated heterocycles. The van der Waals surface area contributed by atoms with Gasteiger partial charge in [0.1, 0.15) is 0 Å². The third-order valence-electron chi connectivity index (χ3n) is 2.81. The standard InChI is InChI=1S/C15H16O3/c1-11-5-7-13(8-6-11)9-10-15(3,12(2)16)14(17)18-4/h5-8H,1-4H3/t15-/m1/s1. The van der Waals surface area contributed by atoms with Crippen molar-refractivity contribution in [3.8, 4) is 11.8 Å². The lowest BCUT2D eigenvalue weighted by Gasteiger charge is -2.16. The van der Waals surface area contributed by atoms with Crippen LogP contribution in [0.1, 0.15) is 25.0 Å². The lowest BCUT2D eigenvalue weighted by Crippen LogP contribution is -2.34. The van der Waals surface area contributed by atoms with Crippen molar-refractivity contribution in [1.29, 1.82) is 0 Å². The van der Waals surface area contributed by atoms with Crippen LogP contribution >= 0.6 is 0 Å². The molecule has 0 N–H and O–H groups in total. The highest BCUT2D eigenvalue weighted by molar-refractivity contribution is 6.05. The Labute approximate surface area is 107 Å². The van der Waals surface area contributed by atoms with E-state index in [1.165, 1.54) is 21.0 Å². The number of methoxy groups -OCH3 is 1. The van der Waals surface area contributed by atoms with Gasteiger partial charge in [-0.3, -0.25) is 4.79 Å². The highest BCUT2D eigenvalue weighted by Crippen LogP contribution is 2.18. The molecule has 0 heterocycles. The summed E-state index contributed by atoms with van der Waals surface area (Å²) in [6.07, 6.45) is 0. The van der Waals surface area contributed by atoms with Crippen LogP contribution in [-0.2, 0) is 14.3 Å². The number of carbonyl (C=O) groups is 2. The Balaban J connectivity index is 3.10. The van der Waals surface area contributed by atoms with E-state index in [1.54, 1.807) is 0 Å². The van der Waals surface area contributed by atoms with E-state index in [9.17, 15) is 9.59 Å². The van der Waals surface area contributed by atoms with Gasteiger partial charge in [-0.15, -0.1) is 0 Å². The lowest BCUT2D eigenvalue weighted by atomic mass is 9.87. The molecule has 0 spiro atoms. The van der Waals surface area contributed by atoms with Crippen LogP contribution < -0.4 is 0 Å². The highest BCUT2D eigenvalue weighted by atomic mass is 16.5. The van der Waals surface area contributed by atoms with Crippen molar-refractivity contribution in [2.75, 3.05) is 7.11 Å². The van der Waals surface area contributed by atoms with Crippen LogP contribution in [0.3, 0.4) is 0 Å². The maximum Gasteiger partial charge on any atom is 0.331 e. The minimum Gasteiger partial charge on any atom is -0.468 e. The zero-order chi connectivity index (χ0) is 13.8. The Kier molecular flexibility index (Phi) is 4.28. The minimum absolute atomic E-state index is 0.325. The fraction of sp³-hybridized carbons (Fsp3) is 0.333. The third-order valence-corrected chi connectivity index (χ3v) is 2.81. The monoisotopic (exact) mass is 244 g/mol. The third kappa shape index (κ3) is 2.98. The first-order valence-corrected chi connectivity index (χ1v) is 5.59. The first-order chi connectivity index (χ1) is 8.40. The maximum absolute atomic E-state index is 11.6. The van der Waals surface area contributed by atoms with Gasteiger partial charge in [-0.2, -0.15) is 0 Å². The first-order valence-electron chi connectivity index (χ1n) is 5.59. The van der Waals surface area contributed by atoms with Gasteiger partial charge in [0.2, 0.25) is 0 Å². The average molecular weight is 244 g/mol. The number of hydrogen-bond acceptors (Lipinski definition) is 3. The Morgan fingerprint density at radius 2 is 1.78 bits per heavy atom. The van der Waals surface area contributed by atoms with Crippen molar-refractivity contribution < 1.29 is 14.3 Å². The number of rotatable bonds is 2. The molecular weight excluding hydrogens is 228 g/mol. The first kappa shape index (κ1) is 14.0. The van der Waals surface area contributed by atoms with Crippen LogP contribution in [0.4, 0.5) is 0 Å². The summed E-state index contributed by atoms with van der Waals surface area (Å²) >= 11 is 0. The predicted octanol–water partition coefficient (Wildman–Crippen LogP) is 2.11. The molecule has 1 aromatic rings. The summed E-state index contributed by atoms with van der Waals surface area (Å²) in [7, 11) is 1.25. The van der Waals surface area contributed by atoms with Gasteiger partial charge in [0, 0.05) is 5.56 Å². The molecule has 0 aromatic heterocycles. The van der Waals surface area contributed by atoms with Crippen LogP contribution in [0.2, 0.25) is 0 Å². The summed E-state index contributed by atoms with van der Waals surface area (Å²) in [5.74, 6) is 4.59. The maximum atomic E-state index is 11.6. The topological polar surface area (TPSA) is 43.4 Å². The van der Waals surface area contributed by atoms with Crippen molar-refractivity contribution in [2.45, 2.75) is 20.8 Å². The molecule has 0 saturated carbocycles. The van der Waals surface area contributed by atoms with Gasteiger partial charge in [-0.25, -0.2) is 4.79 Å². The molecule has 1 atom stereocenters. The van der Waals surface area contributed by atoms with Gasteiger partial charge in [0.15, 0.2) is 11.2 Å². The van der Waals surface area contributed by atoms with Crippen molar-refractivity contribution in [1.82, 2.24) is 0 Å². The van der Waals surface area contributed by atoms with E-state index in [1.807, 2.05) is 31.2 Å². The van der Waals surface area contributed by atoms with Crippen molar-refractivity contribution >= 4 is 11.8 Å². The van der Waals surface area contributed by atoms with E-state index >= 15 is 0 Å². The number of Topliss-reactive ketones (excluding diaryl/α,β-unsaturated/α-hetero) is 1. The summed E-state index contributed by atoms with van der Waals surface area (Å²) in [4.78, 5) is 23.1. The van der Waals surface area contributed by atoms with Crippen LogP contribution in [-0.4, -0.2) is 18.9 Å². The van der Waals surface area contributed by atoms with Crippen molar-refractivity contribution in [2.24, 2.45) is 5.41 Å². The zero-order valence-electron chi connectivity index (χ0n) is 11.0. The molecule has 0 radical (unpaired) electrons. The zero-order valence-corrected chi connectivity index (χ0v) is 11.0. The lowest BCUT2D eigenvalue weighted by molar-refractivity contribution is -0.152. The second-order valence-electron chi connectivity index (χ2n) is 4.29. The second-order valence-corrected chi connectivity index (χ2v) is 4.29. The van der Waals surface area contributed by atoms with E-state index in [-0.39, 0.29) is 5.78 Å². The van der Waals surface area contributed by atoms with E-state index in [0.29, 0.717) is 0 Å². The molecule has 0 aliphatic rings. The normalized spacial score (nSPS) is 12.9. The van der Waals surface area contributed by atoms with Crippen molar-refractivity contribution in [3.63, 3.8) is 0 Å². The molecular formula is C15H16O3. The summed E-state index contributed by atoms with van der Waals surface area (Å²) in [6, 6.07) is 7.54. The van der Waals surface area contributed by atoms with Gasteiger partial charge >= 0.3 is 5.97 Å². The number of carbonyl (C=O) groups excluding carboxylic acids is 2. The molecule has 0 fully saturated rings. The van der Waals surface area contributed by atoms with Gasteiger partial charge in [-0.05, 0) is 32.9 Å². The smallest absolute Gasteiger partial charge is 0.331 e. The molecule has 0 bridgehead atoms. The SMILES string of the molecule is COC(=O)[C@](C)(C#Cc1ccc(C)cc1)C(C)=O. The number of hydrogen-bond donors (Lipinski definition) is 0. The van der Waals surface area contributed by atoms with Crippen LogP contribution in [0.15, 0.2) is 24.3 Å². The van der Waals surface area contributed by atoms with E-state index in [0.717, 1.165) is 11.1 Å². The van der Waals surface area contributed by atoms with Crippen LogP contribution in [0.5, 0.6) is 0 Å². The summed E-state index contributed by atoms with van der Waals surface area (Å²) in [5.41, 5.74) is 0.486. The minimum atomic E-state index is -1.40. The Bertz CT molecular complexity index is 517. The number of ketones is 1. The largest absolute Gasteiger partial charge is 0.468 e. The van der Waals surface area contributed by atoms with E-state index in [2.05, 4.69) is 16.6 Å². The van der Waals surface area contributed by atoms with Crippen molar-refractivity contribution in [3.05, 3.63) is 35.4 Å². The summed E-state index contributed by atoms with van der Waals surface area (Å²) in [6.45, 7) is 4.79. The molecule has 1 rings (SSSR count). The molecule has 18 heavy (non-hydrogen) atoms. The molecule has 0 aliphatic heterocycles. The van der Waals surface area contributed by atoms with Gasteiger partial charge < -0.3 is 4.74 Å². The number of aryl methyl sites for hydroxylation is 1. The fourth-order valence-electron chi connectivity index (χ4n) is 1.32. The Hall–Kier alpha value is -2.08. The fourth-order valence-corrected chi connectivity index (χ4v) is 1.32. The number of ether oxygens (including phenoxy) is 1. The molecule has 3 nitrogen and oxygen atoms in total. The number of esters is 1. The molecule has 1 aromatic carbocycles. The van der Waals surface area contributed by atoms with Gasteiger partial charge in [0.25, 0.3) is 0 Å². The van der Waals surface area contributed by atoms with E-state index in [4.69, 9.17) is 0 Å². The van der Waals surface area contributed by atoms with Gasteiger partial charge in [0.05, 0.1) is 7.11 Å². The number of benzene rings is 1. The summed E-state index contributed by atoms with van der Waals surface area (Å²) < 4.78 is 4.62. The Morgan fingerprint density at radius 3 is 2.22 bits per heavy atom. The molecule has 3 heteroatoms. The Morgan fingerprint density at radius 1 is 1.22 bits per heavy atom.